The minimum Gasteiger partial charge on any atom is -0.398 e. The number of hydrogen-bond donors (Lipinski definition) is 2. The molecule has 0 aliphatic heterocycles. The van der Waals surface area contributed by atoms with Crippen LogP contribution in [0.25, 0.3) is 0 Å². The van der Waals surface area contributed by atoms with Gasteiger partial charge >= 0.3 is 0 Å². The Morgan fingerprint density at radius 2 is 2.29 bits per heavy atom. The van der Waals surface area contributed by atoms with Crippen molar-refractivity contribution in [2.24, 2.45) is 5.92 Å². The molecule has 0 amide bonds. The lowest BCUT2D eigenvalue weighted by atomic mass is 10.2. The number of rotatable bonds is 6. The van der Waals surface area contributed by atoms with Crippen LogP contribution in [0.3, 0.4) is 0 Å². The summed E-state index contributed by atoms with van der Waals surface area (Å²) in [5, 5.41) is 12.0. The molecule has 1 aromatic carbocycles. The number of nitriles is 1. The van der Waals surface area contributed by atoms with Crippen LogP contribution in [0.5, 0.6) is 0 Å². The van der Waals surface area contributed by atoms with Crippen molar-refractivity contribution in [1.82, 2.24) is 0 Å². The van der Waals surface area contributed by atoms with Gasteiger partial charge in [-0.1, -0.05) is 0 Å². The van der Waals surface area contributed by atoms with E-state index in [4.69, 9.17) is 15.7 Å². The first kappa shape index (κ1) is 11.7. The molecule has 1 aliphatic rings. The van der Waals surface area contributed by atoms with Gasteiger partial charge in [0.2, 0.25) is 0 Å². The third-order valence-corrected chi connectivity index (χ3v) is 2.80. The van der Waals surface area contributed by atoms with E-state index in [1.807, 2.05) is 6.07 Å². The zero-order valence-electron chi connectivity index (χ0n) is 9.78. The number of anilines is 2. The molecule has 0 bridgehead atoms. The van der Waals surface area contributed by atoms with Gasteiger partial charge in [-0.3, -0.25) is 0 Å². The smallest absolute Gasteiger partial charge is 0.101 e. The number of nitrogens with two attached hydrogens (primary N) is 1. The molecule has 1 aromatic rings. The summed E-state index contributed by atoms with van der Waals surface area (Å²) in [5.41, 5.74) is 7.57. The minimum atomic E-state index is 0.508. The van der Waals surface area contributed by atoms with Gasteiger partial charge in [-0.15, -0.1) is 0 Å². The molecular formula is C13H17N3O. The summed E-state index contributed by atoms with van der Waals surface area (Å²) >= 11 is 0. The van der Waals surface area contributed by atoms with Crippen LogP contribution in [0.1, 0.15) is 18.4 Å². The Hall–Kier alpha value is -1.73. The lowest BCUT2D eigenvalue weighted by Gasteiger charge is -2.08. The first-order valence-electron chi connectivity index (χ1n) is 5.91. The number of ether oxygens (including phenoxy) is 1. The predicted molar refractivity (Wildman–Crippen MR) is 67.6 cm³/mol. The highest BCUT2D eigenvalue weighted by molar-refractivity contribution is 5.61. The lowest BCUT2D eigenvalue weighted by Crippen LogP contribution is -2.10. The van der Waals surface area contributed by atoms with E-state index < -0.39 is 0 Å². The molecule has 1 fully saturated rings. The first-order chi connectivity index (χ1) is 8.29. The summed E-state index contributed by atoms with van der Waals surface area (Å²) < 4.78 is 5.51. The van der Waals surface area contributed by atoms with Crippen molar-refractivity contribution in [3.8, 4) is 6.07 Å². The molecule has 1 aliphatic carbocycles. The second kappa shape index (κ2) is 5.55. The highest BCUT2D eigenvalue weighted by atomic mass is 16.5. The van der Waals surface area contributed by atoms with Crippen molar-refractivity contribution in [2.75, 3.05) is 30.8 Å². The Bertz CT molecular complexity index is 421. The Labute approximate surface area is 101 Å². The van der Waals surface area contributed by atoms with Crippen LogP contribution >= 0.6 is 0 Å². The van der Waals surface area contributed by atoms with Gasteiger partial charge in [0.1, 0.15) is 6.07 Å². The maximum absolute atomic E-state index is 8.84. The van der Waals surface area contributed by atoms with E-state index in [1.54, 1.807) is 12.1 Å². The maximum Gasteiger partial charge on any atom is 0.101 e. The fraction of sp³-hybridized carbons (Fsp3) is 0.462. The van der Waals surface area contributed by atoms with Crippen molar-refractivity contribution >= 4 is 11.4 Å². The molecule has 4 nitrogen and oxygen atoms in total. The van der Waals surface area contributed by atoms with Crippen molar-refractivity contribution in [3.05, 3.63) is 23.8 Å². The standard InChI is InChI=1S/C13H17N3O/c14-8-11-7-12(3-4-13(11)15)16-5-6-17-9-10-1-2-10/h3-4,7,10,16H,1-2,5-6,9,15H2. The third kappa shape index (κ3) is 3.65. The van der Waals surface area contributed by atoms with Gasteiger partial charge in [-0.2, -0.15) is 5.26 Å². The molecule has 90 valence electrons. The van der Waals surface area contributed by atoms with Crippen LogP contribution in [0.15, 0.2) is 18.2 Å². The molecule has 0 atom stereocenters. The molecule has 0 saturated heterocycles. The minimum absolute atomic E-state index is 0.508. The Morgan fingerprint density at radius 1 is 1.47 bits per heavy atom. The molecule has 4 heteroatoms. The van der Waals surface area contributed by atoms with E-state index >= 15 is 0 Å². The summed E-state index contributed by atoms with van der Waals surface area (Å²) in [5.74, 6) is 0.803. The van der Waals surface area contributed by atoms with Crippen LogP contribution in [0.2, 0.25) is 0 Å². The van der Waals surface area contributed by atoms with Crippen LogP contribution in [-0.4, -0.2) is 19.8 Å². The van der Waals surface area contributed by atoms with Crippen molar-refractivity contribution < 1.29 is 4.74 Å². The quantitative estimate of drug-likeness (QED) is 0.580. The monoisotopic (exact) mass is 231 g/mol. The van der Waals surface area contributed by atoms with E-state index in [-0.39, 0.29) is 0 Å². The molecule has 0 unspecified atom stereocenters. The van der Waals surface area contributed by atoms with E-state index in [0.29, 0.717) is 17.9 Å². The molecule has 3 N–H and O–H groups in total. The second-order valence-electron chi connectivity index (χ2n) is 4.36. The van der Waals surface area contributed by atoms with E-state index in [9.17, 15) is 0 Å². The summed E-state index contributed by atoms with van der Waals surface area (Å²) in [7, 11) is 0. The number of nitrogen functional groups attached to an aromatic ring is 1. The molecule has 1 saturated carbocycles. The van der Waals surface area contributed by atoms with Crippen molar-refractivity contribution in [3.63, 3.8) is 0 Å². The number of nitrogens with zero attached hydrogens (tertiary/aromatic N) is 1. The fourth-order valence-electron chi connectivity index (χ4n) is 1.57. The zero-order valence-corrected chi connectivity index (χ0v) is 9.78. The van der Waals surface area contributed by atoms with E-state index in [0.717, 1.165) is 24.8 Å². The zero-order chi connectivity index (χ0) is 12.1. The summed E-state index contributed by atoms with van der Waals surface area (Å²) in [6.45, 7) is 2.33. The molecular weight excluding hydrogens is 214 g/mol. The number of benzene rings is 1. The van der Waals surface area contributed by atoms with Gasteiger partial charge in [-0.05, 0) is 37.0 Å². The molecule has 0 spiro atoms. The summed E-state index contributed by atoms with van der Waals surface area (Å²) in [4.78, 5) is 0. The molecule has 2 rings (SSSR count). The Balaban J connectivity index is 1.72. The first-order valence-corrected chi connectivity index (χ1v) is 5.91. The average Bonchev–Trinajstić information content (AvgIpc) is 3.15. The summed E-state index contributed by atoms with van der Waals surface area (Å²) in [6.07, 6.45) is 2.63. The van der Waals surface area contributed by atoms with Crippen LogP contribution in [-0.2, 0) is 4.74 Å². The molecule has 0 heterocycles. The maximum atomic E-state index is 8.84. The van der Waals surface area contributed by atoms with Crippen LogP contribution in [0, 0.1) is 17.2 Å². The van der Waals surface area contributed by atoms with Gasteiger partial charge in [0.05, 0.1) is 12.2 Å². The summed E-state index contributed by atoms with van der Waals surface area (Å²) in [6, 6.07) is 7.44. The van der Waals surface area contributed by atoms with Gasteiger partial charge in [-0.25, -0.2) is 0 Å². The second-order valence-corrected chi connectivity index (χ2v) is 4.36. The van der Waals surface area contributed by atoms with Gasteiger partial charge in [0.15, 0.2) is 0 Å². The largest absolute Gasteiger partial charge is 0.398 e. The predicted octanol–water partition coefficient (Wildman–Crippen LogP) is 1.98. The Morgan fingerprint density at radius 3 is 3.00 bits per heavy atom. The topological polar surface area (TPSA) is 71.1 Å². The Kier molecular flexibility index (Phi) is 3.84. The third-order valence-electron chi connectivity index (χ3n) is 2.80. The van der Waals surface area contributed by atoms with Gasteiger partial charge in [0.25, 0.3) is 0 Å². The van der Waals surface area contributed by atoms with Crippen LogP contribution < -0.4 is 11.1 Å². The number of hydrogen-bond acceptors (Lipinski definition) is 4. The van der Waals surface area contributed by atoms with Crippen LogP contribution in [0.4, 0.5) is 11.4 Å². The van der Waals surface area contributed by atoms with Crippen molar-refractivity contribution in [1.29, 1.82) is 5.26 Å². The lowest BCUT2D eigenvalue weighted by molar-refractivity contribution is 0.134. The highest BCUT2D eigenvalue weighted by Gasteiger charge is 2.20. The van der Waals surface area contributed by atoms with Gasteiger partial charge < -0.3 is 15.8 Å². The molecule has 0 aromatic heterocycles. The number of nitrogens with one attached hydrogen (secondary N) is 1. The van der Waals surface area contributed by atoms with Gasteiger partial charge in [0, 0.05) is 24.5 Å². The van der Waals surface area contributed by atoms with Crippen molar-refractivity contribution in [2.45, 2.75) is 12.8 Å². The highest BCUT2D eigenvalue weighted by Crippen LogP contribution is 2.28. The van der Waals surface area contributed by atoms with E-state index in [1.165, 1.54) is 12.8 Å². The normalized spacial score (nSPS) is 14.3. The average molecular weight is 231 g/mol. The van der Waals surface area contributed by atoms with E-state index in [2.05, 4.69) is 11.4 Å². The molecule has 0 radical (unpaired) electrons. The fourth-order valence-corrected chi connectivity index (χ4v) is 1.57. The molecule has 17 heavy (non-hydrogen) atoms. The SMILES string of the molecule is N#Cc1cc(NCCOCC2CC2)ccc1N.